The van der Waals surface area contributed by atoms with Crippen LogP contribution in [0, 0.1) is 5.82 Å². The van der Waals surface area contributed by atoms with E-state index in [2.05, 4.69) is 10.3 Å². The van der Waals surface area contributed by atoms with Gasteiger partial charge in [-0.2, -0.15) is 0 Å². The highest BCUT2D eigenvalue weighted by Crippen LogP contribution is 2.33. The normalized spacial score (nSPS) is 16.9. The third-order valence-electron chi connectivity index (χ3n) is 4.77. The van der Waals surface area contributed by atoms with Crippen molar-refractivity contribution in [1.82, 2.24) is 4.90 Å². The summed E-state index contributed by atoms with van der Waals surface area (Å²) in [5.41, 5.74) is 1.15. The number of amidine groups is 1. The minimum Gasteiger partial charge on any atom is -0.494 e. The van der Waals surface area contributed by atoms with Crippen LogP contribution in [-0.2, 0) is 16.1 Å². The third-order valence-corrected chi connectivity index (χ3v) is 6.80. The minimum absolute atomic E-state index is 0.00570. The van der Waals surface area contributed by atoms with Crippen LogP contribution in [0.3, 0.4) is 0 Å². The standard InChI is InChI=1S/C24H22FN3O3S2/c1-2-31-19-6-3-5-18(13-19)26-22(29)14-21-23(30)28(15-20-7-4-12-32-20)24(33-21)27-17-10-8-16(25)9-11-17/h3-13,21H,2,14-15H2,1H3,(H,26,29)/t21-/m0/s1. The van der Waals surface area contributed by atoms with Crippen molar-refractivity contribution < 1.29 is 18.7 Å². The lowest BCUT2D eigenvalue weighted by Gasteiger charge is -2.15. The monoisotopic (exact) mass is 483 g/mol. The molecule has 4 rings (SSSR count). The van der Waals surface area contributed by atoms with Gasteiger partial charge in [-0.1, -0.05) is 23.9 Å². The molecule has 2 amide bonds. The maximum absolute atomic E-state index is 13.3. The lowest BCUT2D eigenvalue weighted by molar-refractivity contribution is -0.128. The lowest BCUT2D eigenvalue weighted by Crippen LogP contribution is -2.32. The summed E-state index contributed by atoms with van der Waals surface area (Å²) in [6.07, 6.45) is 0.00570. The summed E-state index contributed by atoms with van der Waals surface area (Å²) in [5.74, 6) is -0.133. The van der Waals surface area contributed by atoms with E-state index in [1.54, 1.807) is 46.6 Å². The number of hydrogen-bond donors (Lipinski definition) is 1. The first-order chi connectivity index (χ1) is 16.0. The minimum atomic E-state index is -0.598. The molecule has 0 spiro atoms. The van der Waals surface area contributed by atoms with Crippen LogP contribution in [0.15, 0.2) is 71.0 Å². The quantitative estimate of drug-likeness (QED) is 0.463. The topological polar surface area (TPSA) is 71.0 Å². The molecule has 1 N–H and O–H groups in total. The zero-order valence-corrected chi connectivity index (χ0v) is 19.5. The van der Waals surface area contributed by atoms with Crippen molar-refractivity contribution in [2.75, 3.05) is 11.9 Å². The second-order valence-corrected chi connectivity index (χ2v) is 9.40. The predicted molar refractivity (Wildman–Crippen MR) is 131 cm³/mol. The Kier molecular flexibility index (Phi) is 7.41. The largest absolute Gasteiger partial charge is 0.494 e. The van der Waals surface area contributed by atoms with Crippen LogP contribution in [0.25, 0.3) is 0 Å². The molecule has 1 aromatic heterocycles. The van der Waals surface area contributed by atoms with Crippen LogP contribution in [-0.4, -0.2) is 33.7 Å². The molecule has 1 aliphatic heterocycles. The molecule has 2 aromatic carbocycles. The lowest BCUT2D eigenvalue weighted by atomic mass is 10.2. The highest BCUT2D eigenvalue weighted by atomic mass is 32.2. The van der Waals surface area contributed by atoms with Crippen molar-refractivity contribution in [1.29, 1.82) is 0 Å². The van der Waals surface area contributed by atoms with Crippen LogP contribution in [0.2, 0.25) is 0 Å². The Hall–Kier alpha value is -3.17. The number of carbonyl (C=O) groups excluding carboxylic acids is 2. The van der Waals surface area contributed by atoms with E-state index in [0.29, 0.717) is 35.4 Å². The molecule has 0 unspecified atom stereocenters. The van der Waals surface area contributed by atoms with Gasteiger partial charge in [0.15, 0.2) is 5.17 Å². The summed E-state index contributed by atoms with van der Waals surface area (Å²) in [6.45, 7) is 2.79. The number of carbonyl (C=O) groups is 2. The summed E-state index contributed by atoms with van der Waals surface area (Å²) >= 11 is 2.80. The average Bonchev–Trinajstić information content (AvgIpc) is 3.40. The van der Waals surface area contributed by atoms with Gasteiger partial charge in [0.1, 0.15) is 16.8 Å². The molecule has 1 fully saturated rings. The van der Waals surface area contributed by atoms with Crippen molar-refractivity contribution in [2.24, 2.45) is 4.99 Å². The van der Waals surface area contributed by atoms with E-state index in [0.717, 1.165) is 4.88 Å². The van der Waals surface area contributed by atoms with E-state index in [-0.39, 0.29) is 24.1 Å². The summed E-state index contributed by atoms with van der Waals surface area (Å²) in [4.78, 5) is 33.0. The molecule has 0 aliphatic carbocycles. The van der Waals surface area contributed by atoms with E-state index < -0.39 is 5.25 Å². The summed E-state index contributed by atoms with van der Waals surface area (Å²) in [5, 5.41) is 4.68. The number of benzene rings is 2. The smallest absolute Gasteiger partial charge is 0.243 e. The zero-order valence-electron chi connectivity index (χ0n) is 17.9. The number of ether oxygens (including phenoxy) is 1. The number of nitrogens with one attached hydrogen (secondary N) is 1. The number of aliphatic imine (C=N–C) groups is 1. The van der Waals surface area contributed by atoms with Crippen molar-refractivity contribution in [3.05, 3.63) is 76.7 Å². The number of thioether (sulfide) groups is 1. The first-order valence-corrected chi connectivity index (χ1v) is 12.1. The maximum atomic E-state index is 13.3. The van der Waals surface area contributed by atoms with Gasteiger partial charge in [0.25, 0.3) is 0 Å². The number of thiophene rings is 1. The molecule has 6 nitrogen and oxygen atoms in total. The van der Waals surface area contributed by atoms with Crippen LogP contribution < -0.4 is 10.1 Å². The summed E-state index contributed by atoms with van der Waals surface area (Å²) < 4.78 is 18.7. The molecule has 1 saturated heterocycles. The molecule has 0 saturated carbocycles. The van der Waals surface area contributed by atoms with E-state index >= 15 is 0 Å². The Morgan fingerprint density at radius 1 is 1.18 bits per heavy atom. The zero-order chi connectivity index (χ0) is 23.2. The Bertz CT molecular complexity index is 1150. The number of rotatable bonds is 8. The molecular formula is C24H22FN3O3S2. The van der Waals surface area contributed by atoms with Gasteiger partial charge in [-0.15, -0.1) is 11.3 Å². The molecule has 9 heteroatoms. The summed E-state index contributed by atoms with van der Waals surface area (Å²) in [6, 6.07) is 16.8. The van der Waals surface area contributed by atoms with Crippen molar-refractivity contribution in [2.45, 2.75) is 25.1 Å². The van der Waals surface area contributed by atoms with Gasteiger partial charge < -0.3 is 10.1 Å². The molecular weight excluding hydrogens is 461 g/mol. The van der Waals surface area contributed by atoms with Crippen molar-refractivity contribution >= 4 is 51.5 Å². The van der Waals surface area contributed by atoms with Gasteiger partial charge >= 0.3 is 0 Å². The van der Waals surface area contributed by atoms with E-state index in [4.69, 9.17) is 4.74 Å². The van der Waals surface area contributed by atoms with Gasteiger partial charge in [-0.05, 0) is 54.8 Å². The second kappa shape index (κ2) is 10.6. The van der Waals surface area contributed by atoms with Gasteiger partial charge in [0, 0.05) is 23.1 Å². The number of anilines is 1. The maximum Gasteiger partial charge on any atom is 0.243 e. The fourth-order valence-electron chi connectivity index (χ4n) is 3.27. The van der Waals surface area contributed by atoms with Gasteiger partial charge in [-0.3, -0.25) is 14.5 Å². The second-order valence-electron chi connectivity index (χ2n) is 7.19. The fourth-order valence-corrected chi connectivity index (χ4v) is 5.12. The molecule has 3 aromatic rings. The number of amides is 2. The fraction of sp³-hybridized carbons (Fsp3) is 0.208. The van der Waals surface area contributed by atoms with E-state index in [1.165, 1.54) is 23.9 Å². The highest BCUT2D eigenvalue weighted by molar-refractivity contribution is 8.15. The Morgan fingerprint density at radius 3 is 2.73 bits per heavy atom. The van der Waals surface area contributed by atoms with Crippen LogP contribution in [0.4, 0.5) is 15.8 Å². The first kappa shape index (κ1) is 23.0. The molecule has 1 aliphatic rings. The van der Waals surface area contributed by atoms with Crippen LogP contribution >= 0.6 is 23.1 Å². The van der Waals surface area contributed by atoms with Gasteiger partial charge in [0.2, 0.25) is 11.8 Å². The first-order valence-electron chi connectivity index (χ1n) is 10.4. The number of halogens is 1. The SMILES string of the molecule is CCOc1cccc(NC(=O)C[C@@H]2SC(=Nc3ccc(F)cc3)N(Cc3cccs3)C2=O)c1. The number of hydrogen-bond acceptors (Lipinski definition) is 6. The molecule has 0 radical (unpaired) electrons. The Morgan fingerprint density at radius 2 is 2.00 bits per heavy atom. The molecule has 170 valence electrons. The molecule has 33 heavy (non-hydrogen) atoms. The molecule has 2 heterocycles. The summed E-state index contributed by atoms with van der Waals surface area (Å²) in [7, 11) is 0. The average molecular weight is 484 g/mol. The predicted octanol–water partition coefficient (Wildman–Crippen LogP) is 5.45. The van der Waals surface area contributed by atoms with Crippen LogP contribution in [0.5, 0.6) is 5.75 Å². The van der Waals surface area contributed by atoms with E-state index in [1.807, 2.05) is 30.5 Å². The molecule has 0 bridgehead atoms. The van der Waals surface area contributed by atoms with Crippen molar-refractivity contribution in [3.8, 4) is 5.75 Å². The Labute approximate surface area is 199 Å². The van der Waals surface area contributed by atoms with Gasteiger partial charge in [-0.25, -0.2) is 9.38 Å². The third kappa shape index (κ3) is 6.00. The number of nitrogens with zero attached hydrogens (tertiary/aromatic N) is 2. The highest BCUT2D eigenvalue weighted by Gasteiger charge is 2.39. The van der Waals surface area contributed by atoms with Crippen LogP contribution in [0.1, 0.15) is 18.2 Å². The van der Waals surface area contributed by atoms with Gasteiger partial charge in [0.05, 0.1) is 18.8 Å². The van der Waals surface area contributed by atoms with E-state index in [9.17, 15) is 14.0 Å². The molecule has 1 atom stereocenters. The Balaban J connectivity index is 1.49. The van der Waals surface area contributed by atoms with Crippen molar-refractivity contribution in [3.63, 3.8) is 0 Å².